The van der Waals surface area contributed by atoms with Crippen molar-refractivity contribution in [1.29, 1.82) is 0 Å². The standard InChI is InChI=1S/C10H13N5/c1-7-4-8(5-7)13-9-10-14-12-6-15(10)3-2-11-9/h2-3,6-8H,4-5H2,1H3,(H,11,13). The Morgan fingerprint density at radius 1 is 1.47 bits per heavy atom. The van der Waals surface area contributed by atoms with E-state index >= 15 is 0 Å². The third kappa shape index (κ3) is 1.44. The lowest BCUT2D eigenvalue weighted by atomic mass is 9.82. The molecule has 0 spiro atoms. The second-order valence-corrected chi connectivity index (χ2v) is 4.26. The first-order valence-corrected chi connectivity index (χ1v) is 5.24. The van der Waals surface area contributed by atoms with Crippen LogP contribution in [0.2, 0.25) is 0 Å². The fourth-order valence-corrected chi connectivity index (χ4v) is 2.07. The van der Waals surface area contributed by atoms with Gasteiger partial charge in [0.15, 0.2) is 5.82 Å². The van der Waals surface area contributed by atoms with E-state index in [4.69, 9.17) is 0 Å². The van der Waals surface area contributed by atoms with Gasteiger partial charge in [-0.15, -0.1) is 10.2 Å². The molecule has 5 nitrogen and oxygen atoms in total. The van der Waals surface area contributed by atoms with E-state index in [0.717, 1.165) is 17.4 Å². The first-order chi connectivity index (χ1) is 7.33. The predicted molar refractivity (Wildman–Crippen MR) is 56.6 cm³/mol. The molecule has 0 atom stereocenters. The van der Waals surface area contributed by atoms with Crippen molar-refractivity contribution in [3.8, 4) is 0 Å². The quantitative estimate of drug-likeness (QED) is 0.800. The van der Waals surface area contributed by atoms with Crippen LogP contribution >= 0.6 is 0 Å². The minimum absolute atomic E-state index is 0.551. The topological polar surface area (TPSA) is 55.1 Å². The SMILES string of the molecule is CC1CC(Nc2nccn3cnnc23)C1. The summed E-state index contributed by atoms with van der Waals surface area (Å²) in [6, 6.07) is 0.551. The van der Waals surface area contributed by atoms with Gasteiger partial charge in [-0.1, -0.05) is 6.92 Å². The highest BCUT2D eigenvalue weighted by molar-refractivity contribution is 5.61. The van der Waals surface area contributed by atoms with Crippen LogP contribution in [0.15, 0.2) is 18.7 Å². The van der Waals surface area contributed by atoms with Crippen molar-refractivity contribution in [2.24, 2.45) is 5.92 Å². The average molecular weight is 203 g/mol. The molecule has 1 aliphatic rings. The zero-order valence-electron chi connectivity index (χ0n) is 8.59. The predicted octanol–water partition coefficient (Wildman–Crippen LogP) is 1.33. The first kappa shape index (κ1) is 8.64. The molecule has 3 rings (SSSR count). The molecule has 0 radical (unpaired) electrons. The number of nitrogens with one attached hydrogen (secondary N) is 1. The molecule has 0 bridgehead atoms. The Hall–Kier alpha value is -1.65. The Balaban J connectivity index is 1.87. The number of aromatic nitrogens is 4. The van der Waals surface area contributed by atoms with Crippen molar-refractivity contribution in [3.05, 3.63) is 18.7 Å². The number of hydrogen-bond donors (Lipinski definition) is 1. The monoisotopic (exact) mass is 203 g/mol. The Morgan fingerprint density at radius 3 is 3.13 bits per heavy atom. The number of anilines is 1. The Labute approximate surface area is 87.5 Å². The van der Waals surface area contributed by atoms with Crippen LogP contribution < -0.4 is 5.32 Å². The summed E-state index contributed by atoms with van der Waals surface area (Å²) in [6.45, 7) is 2.27. The summed E-state index contributed by atoms with van der Waals surface area (Å²) in [5.74, 6) is 1.67. The van der Waals surface area contributed by atoms with Gasteiger partial charge in [-0.2, -0.15) is 0 Å². The minimum atomic E-state index is 0.551. The van der Waals surface area contributed by atoms with Crippen molar-refractivity contribution in [1.82, 2.24) is 19.6 Å². The second-order valence-electron chi connectivity index (χ2n) is 4.26. The molecule has 15 heavy (non-hydrogen) atoms. The molecule has 1 aliphatic carbocycles. The highest BCUT2D eigenvalue weighted by Gasteiger charge is 2.25. The van der Waals surface area contributed by atoms with Gasteiger partial charge in [0.1, 0.15) is 6.33 Å². The van der Waals surface area contributed by atoms with Gasteiger partial charge in [-0.3, -0.25) is 4.40 Å². The van der Waals surface area contributed by atoms with E-state index in [1.54, 1.807) is 12.5 Å². The van der Waals surface area contributed by atoms with E-state index in [-0.39, 0.29) is 0 Å². The summed E-state index contributed by atoms with van der Waals surface area (Å²) in [4.78, 5) is 4.29. The van der Waals surface area contributed by atoms with E-state index in [2.05, 4.69) is 27.4 Å². The molecule has 0 aromatic carbocycles. The van der Waals surface area contributed by atoms with Crippen LogP contribution in [0, 0.1) is 5.92 Å². The van der Waals surface area contributed by atoms with Gasteiger partial charge >= 0.3 is 0 Å². The van der Waals surface area contributed by atoms with Crippen LogP contribution in [0.3, 0.4) is 0 Å². The maximum atomic E-state index is 4.29. The Kier molecular flexibility index (Phi) is 1.83. The summed E-state index contributed by atoms with van der Waals surface area (Å²) >= 11 is 0. The molecule has 0 saturated heterocycles. The lowest BCUT2D eigenvalue weighted by Crippen LogP contribution is -2.34. The Bertz CT molecular complexity index is 471. The van der Waals surface area contributed by atoms with Gasteiger partial charge in [0.2, 0.25) is 5.65 Å². The first-order valence-electron chi connectivity index (χ1n) is 5.24. The van der Waals surface area contributed by atoms with Crippen molar-refractivity contribution in [2.75, 3.05) is 5.32 Å². The molecule has 78 valence electrons. The van der Waals surface area contributed by atoms with Crippen LogP contribution in [0.25, 0.3) is 5.65 Å². The van der Waals surface area contributed by atoms with Gasteiger partial charge in [-0.25, -0.2) is 4.98 Å². The van der Waals surface area contributed by atoms with Crippen LogP contribution in [0.1, 0.15) is 19.8 Å². The molecule has 2 heterocycles. The molecule has 0 aliphatic heterocycles. The van der Waals surface area contributed by atoms with Crippen molar-refractivity contribution >= 4 is 11.5 Å². The summed E-state index contributed by atoms with van der Waals surface area (Å²) in [5, 5.41) is 11.3. The molecule has 1 N–H and O–H groups in total. The molecule has 1 fully saturated rings. The van der Waals surface area contributed by atoms with E-state index in [1.807, 2.05) is 10.6 Å². The molecular weight excluding hydrogens is 190 g/mol. The molecule has 2 aromatic rings. The van der Waals surface area contributed by atoms with Gasteiger partial charge < -0.3 is 5.32 Å². The van der Waals surface area contributed by atoms with Gasteiger partial charge in [-0.05, 0) is 18.8 Å². The maximum absolute atomic E-state index is 4.29. The molecular formula is C10H13N5. The number of fused-ring (bicyclic) bond motifs is 1. The molecule has 0 amide bonds. The van der Waals surface area contributed by atoms with Crippen LogP contribution in [-0.2, 0) is 0 Å². The lowest BCUT2D eigenvalue weighted by Gasteiger charge is -2.33. The summed E-state index contributed by atoms with van der Waals surface area (Å²) in [7, 11) is 0. The largest absolute Gasteiger partial charge is 0.364 e. The van der Waals surface area contributed by atoms with E-state index in [9.17, 15) is 0 Å². The van der Waals surface area contributed by atoms with Crippen molar-refractivity contribution in [2.45, 2.75) is 25.8 Å². The zero-order chi connectivity index (χ0) is 10.3. The van der Waals surface area contributed by atoms with Crippen LogP contribution in [-0.4, -0.2) is 25.6 Å². The van der Waals surface area contributed by atoms with Gasteiger partial charge in [0, 0.05) is 18.4 Å². The second kappa shape index (κ2) is 3.18. The molecule has 0 unspecified atom stereocenters. The molecule has 2 aromatic heterocycles. The number of rotatable bonds is 2. The highest BCUT2D eigenvalue weighted by Crippen LogP contribution is 2.29. The normalized spacial score (nSPS) is 25.1. The summed E-state index contributed by atoms with van der Waals surface area (Å²) in [5.41, 5.74) is 0.803. The average Bonchev–Trinajstić information content (AvgIpc) is 2.64. The third-order valence-corrected chi connectivity index (χ3v) is 2.93. The summed E-state index contributed by atoms with van der Waals surface area (Å²) < 4.78 is 1.87. The fourth-order valence-electron chi connectivity index (χ4n) is 2.07. The van der Waals surface area contributed by atoms with Crippen molar-refractivity contribution in [3.63, 3.8) is 0 Å². The lowest BCUT2D eigenvalue weighted by molar-refractivity contribution is 0.308. The van der Waals surface area contributed by atoms with Crippen LogP contribution in [0.4, 0.5) is 5.82 Å². The maximum Gasteiger partial charge on any atom is 0.203 e. The number of nitrogens with zero attached hydrogens (tertiary/aromatic N) is 4. The smallest absolute Gasteiger partial charge is 0.203 e. The van der Waals surface area contributed by atoms with E-state index < -0.39 is 0 Å². The van der Waals surface area contributed by atoms with Gasteiger partial charge in [0.05, 0.1) is 0 Å². The Morgan fingerprint density at radius 2 is 2.33 bits per heavy atom. The van der Waals surface area contributed by atoms with E-state index in [1.165, 1.54) is 12.8 Å². The van der Waals surface area contributed by atoms with Crippen LogP contribution in [0.5, 0.6) is 0 Å². The number of hydrogen-bond acceptors (Lipinski definition) is 4. The minimum Gasteiger partial charge on any atom is -0.364 e. The highest BCUT2D eigenvalue weighted by atomic mass is 15.2. The third-order valence-electron chi connectivity index (χ3n) is 2.93. The zero-order valence-corrected chi connectivity index (χ0v) is 8.59. The van der Waals surface area contributed by atoms with Crippen molar-refractivity contribution < 1.29 is 0 Å². The van der Waals surface area contributed by atoms with Gasteiger partial charge in [0.25, 0.3) is 0 Å². The summed E-state index contributed by atoms with van der Waals surface area (Å²) in [6.07, 6.45) is 7.74. The van der Waals surface area contributed by atoms with E-state index in [0.29, 0.717) is 6.04 Å². The molecule has 1 saturated carbocycles. The molecule has 5 heteroatoms. The fraction of sp³-hybridized carbons (Fsp3) is 0.500.